The molecule has 1 aliphatic rings. The first kappa shape index (κ1) is 35.5. The number of carbonyl (C=O) groups excluding carboxylic acids is 2. The van der Waals surface area contributed by atoms with Crippen LogP contribution in [0.1, 0.15) is 44.6 Å². The van der Waals surface area contributed by atoms with E-state index in [-0.39, 0.29) is 43.6 Å². The molecule has 1 unspecified atom stereocenters. The Morgan fingerprint density at radius 3 is 2.65 bits per heavy atom. The van der Waals surface area contributed by atoms with E-state index in [0.717, 1.165) is 12.1 Å². The second-order valence-electron chi connectivity index (χ2n) is 10.1. The average Bonchev–Trinajstić information content (AvgIpc) is 3.21. The van der Waals surface area contributed by atoms with E-state index in [2.05, 4.69) is 10.2 Å². The number of hydrogen-bond acceptors (Lipinski definition) is 10. The number of nitrogens with zero attached hydrogens (tertiary/aromatic N) is 1. The van der Waals surface area contributed by atoms with Gasteiger partial charge in [-0.15, -0.1) is 10.1 Å². The van der Waals surface area contributed by atoms with Gasteiger partial charge in [-0.2, -0.15) is 13.2 Å². The molecule has 1 fully saturated rings. The SMILES string of the molecule is CC(CO[N+](=O)[O-])OC(=O)CNC(=O)CCC/C=C\C[C@@H]1[C@@H](/C=C/[C@@H](O)COc2cccc(C(F)(F)F)c2)[C@H](O)C[C@@H]1O. The summed E-state index contributed by atoms with van der Waals surface area (Å²) in [6, 6.07) is 4.29. The molecule has 0 bridgehead atoms. The van der Waals surface area contributed by atoms with Crippen LogP contribution in [-0.4, -0.2) is 76.5 Å². The summed E-state index contributed by atoms with van der Waals surface area (Å²) in [6.45, 7) is 0.295. The number of unbranched alkanes of at least 4 members (excludes halogenated alkanes) is 1. The number of hydrogen-bond donors (Lipinski definition) is 4. The van der Waals surface area contributed by atoms with Gasteiger partial charge in [0.1, 0.15) is 37.7 Å². The van der Waals surface area contributed by atoms with Crippen LogP contribution < -0.4 is 10.1 Å². The molecule has 0 heterocycles. The molecule has 1 aromatic carbocycles. The molecule has 0 aliphatic heterocycles. The lowest BCUT2D eigenvalue weighted by molar-refractivity contribution is -0.759. The predicted molar refractivity (Wildman–Crippen MR) is 145 cm³/mol. The molecule has 12 nitrogen and oxygen atoms in total. The predicted octanol–water partition coefficient (Wildman–Crippen LogP) is 2.73. The molecule has 6 atom stereocenters. The zero-order valence-electron chi connectivity index (χ0n) is 23.5. The first-order valence-corrected chi connectivity index (χ1v) is 13.7. The van der Waals surface area contributed by atoms with Crippen LogP contribution in [-0.2, 0) is 25.3 Å². The van der Waals surface area contributed by atoms with Crippen LogP contribution in [0, 0.1) is 22.0 Å². The van der Waals surface area contributed by atoms with Crippen molar-refractivity contribution in [2.24, 2.45) is 11.8 Å². The van der Waals surface area contributed by atoms with E-state index in [4.69, 9.17) is 9.47 Å². The lowest BCUT2D eigenvalue weighted by Gasteiger charge is -2.19. The summed E-state index contributed by atoms with van der Waals surface area (Å²) in [5, 5.41) is 42.5. The minimum absolute atomic E-state index is 0.0471. The number of rotatable bonds is 17. The van der Waals surface area contributed by atoms with Gasteiger partial charge in [-0.05, 0) is 50.3 Å². The molecule has 1 aliphatic carbocycles. The maximum absolute atomic E-state index is 12.9. The standard InChI is InChI=1S/C28H37F3N2O10/c1-18(16-42-33(39)40)43-27(38)15-32-26(37)10-5-3-2-4-9-22-23(25(36)14-24(22)35)12-11-20(34)17-41-21-8-6-7-19(13-21)28(29,30)31/h2,4,6-8,11-13,18,20,22-25,34-36H,3,5,9-10,14-17H2,1H3,(H,32,37)/b4-2-,12-11+/t18?,20-,22-,23-,24+,25-/m1/s1. The normalized spacial score (nSPS) is 21.9. The number of benzene rings is 1. The summed E-state index contributed by atoms with van der Waals surface area (Å²) in [5.74, 6) is -2.00. The number of alkyl halides is 3. The van der Waals surface area contributed by atoms with Gasteiger partial charge in [0.2, 0.25) is 5.91 Å². The van der Waals surface area contributed by atoms with E-state index in [1.165, 1.54) is 25.1 Å². The molecule has 2 rings (SSSR count). The Balaban J connectivity index is 1.71. The fourth-order valence-corrected chi connectivity index (χ4v) is 4.44. The van der Waals surface area contributed by atoms with Crippen LogP contribution in [0.2, 0.25) is 0 Å². The van der Waals surface area contributed by atoms with E-state index >= 15 is 0 Å². The van der Waals surface area contributed by atoms with Crippen LogP contribution in [0.3, 0.4) is 0 Å². The summed E-state index contributed by atoms with van der Waals surface area (Å²) in [7, 11) is 0. The van der Waals surface area contributed by atoms with Gasteiger partial charge in [0.25, 0.3) is 5.09 Å². The second-order valence-corrected chi connectivity index (χ2v) is 10.1. The van der Waals surface area contributed by atoms with E-state index in [1.807, 2.05) is 12.2 Å². The summed E-state index contributed by atoms with van der Waals surface area (Å²) < 4.78 is 48.7. The molecular formula is C28H37F3N2O10. The van der Waals surface area contributed by atoms with Crippen LogP contribution in [0.5, 0.6) is 5.75 Å². The van der Waals surface area contributed by atoms with E-state index in [0.29, 0.717) is 19.3 Å². The minimum Gasteiger partial charge on any atom is -0.491 e. The topological polar surface area (TPSA) is 178 Å². The lowest BCUT2D eigenvalue weighted by atomic mass is 9.89. The van der Waals surface area contributed by atoms with Gasteiger partial charge in [0, 0.05) is 18.8 Å². The fourth-order valence-electron chi connectivity index (χ4n) is 4.44. The third-order valence-corrected chi connectivity index (χ3v) is 6.58. The van der Waals surface area contributed by atoms with Crippen LogP contribution in [0.25, 0.3) is 0 Å². The highest BCUT2D eigenvalue weighted by molar-refractivity contribution is 5.81. The highest BCUT2D eigenvalue weighted by atomic mass is 19.4. The number of nitrogens with one attached hydrogen (secondary N) is 1. The van der Waals surface area contributed by atoms with E-state index < -0.39 is 59.7 Å². The largest absolute Gasteiger partial charge is 0.491 e. The average molecular weight is 619 g/mol. The van der Waals surface area contributed by atoms with Gasteiger partial charge < -0.3 is 34.9 Å². The molecule has 0 radical (unpaired) electrons. The number of amides is 1. The third kappa shape index (κ3) is 13.4. The number of aliphatic hydroxyl groups is 3. The summed E-state index contributed by atoms with van der Waals surface area (Å²) in [4.78, 5) is 37.8. The number of esters is 1. The van der Waals surface area contributed by atoms with Crippen molar-refractivity contribution in [3.63, 3.8) is 0 Å². The van der Waals surface area contributed by atoms with Gasteiger partial charge in [-0.3, -0.25) is 9.59 Å². The van der Waals surface area contributed by atoms with Crippen molar-refractivity contribution < 1.29 is 57.5 Å². The Bertz CT molecular complexity index is 1110. The third-order valence-electron chi connectivity index (χ3n) is 6.58. The molecule has 4 N–H and O–H groups in total. The van der Waals surface area contributed by atoms with Crippen molar-refractivity contribution in [2.75, 3.05) is 19.8 Å². The summed E-state index contributed by atoms with van der Waals surface area (Å²) >= 11 is 0. The molecule has 0 saturated heterocycles. The Hall–Kier alpha value is -3.69. The van der Waals surface area contributed by atoms with Crippen molar-refractivity contribution in [2.45, 2.75) is 69.6 Å². The molecular weight excluding hydrogens is 581 g/mol. The number of ether oxygens (including phenoxy) is 2. The summed E-state index contributed by atoms with van der Waals surface area (Å²) in [5.41, 5.74) is -0.870. The minimum atomic E-state index is -4.52. The van der Waals surface area contributed by atoms with Crippen molar-refractivity contribution in [1.82, 2.24) is 5.32 Å². The first-order valence-electron chi connectivity index (χ1n) is 13.7. The monoisotopic (exact) mass is 618 g/mol. The van der Waals surface area contributed by atoms with Crippen LogP contribution in [0.4, 0.5) is 13.2 Å². The highest BCUT2D eigenvalue weighted by Crippen LogP contribution is 2.36. The Labute approximate surface area is 246 Å². The van der Waals surface area contributed by atoms with Gasteiger partial charge in [0.05, 0.1) is 17.8 Å². The van der Waals surface area contributed by atoms with Crippen molar-refractivity contribution in [3.8, 4) is 5.75 Å². The molecule has 1 aromatic rings. The second kappa shape index (κ2) is 17.4. The fraction of sp³-hybridized carbons (Fsp3) is 0.571. The molecule has 0 spiro atoms. The Morgan fingerprint density at radius 1 is 1.21 bits per heavy atom. The quantitative estimate of drug-likeness (QED) is 0.0667. The first-order chi connectivity index (χ1) is 20.3. The van der Waals surface area contributed by atoms with Gasteiger partial charge >= 0.3 is 12.1 Å². The zero-order valence-corrected chi connectivity index (χ0v) is 23.5. The maximum atomic E-state index is 12.9. The van der Waals surface area contributed by atoms with Gasteiger partial charge in [-0.25, -0.2) is 0 Å². The molecule has 240 valence electrons. The molecule has 1 amide bonds. The van der Waals surface area contributed by atoms with E-state index in [9.17, 15) is 48.2 Å². The van der Waals surface area contributed by atoms with Crippen molar-refractivity contribution in [1.29, 1.82) is 0 Å². The van der Waals surface area contributed by atoms with Gasteiger partial charge in [0.15, 0.2) is 0 Å². The lowest BCUT2D eigenvalue weighted by Crippen LogP contribution is -2.33. The van der Waals surface area contributed by atoms with Crippen LogP contribution in [0.15, 0.2) is 48.6 Å². The van der Waals surface area contributed by atoms with E-state index in [1.54, 1.807) is 6.08 Å². The number of halogens is 3. The maximum Gasteiger partial charge on any atom is 0.416 e. The molecule has 0 aromatic heterocycles. The van der Waals surface area contributed by atoms with Crippen molar-refractivity contribution >= 4 is 11.9 Å². The number of allylic oxidation sites excluding steroid dienone is 2. The Morgan fingerprint density at radius 2 is 1.95 bits per heavy atom. The van der Waals surface area contributed by atoms with Gasteiger partial charge in [-0.1, -0.05) is 30.4 Å². The Kier molecular flexibility index (Phi) is 14.4. The number of aliphatic hydroxyl groups excluding tert-OH is 3. The van der Waals surface area contributed by atoms with Crippen molar-refractivity contribution in [3.05, 3.63) is 64.2 Å². The highest BCUT2D eigenvalue weighted by Gasteiger charge is 2.39. The summed E-state index contributed by atoms with van der Waals surface area (Å²) in [6.07, 6.45) is 0.145. The smallest absolute Gasteiger partial charge is 0.416 e. The molecule has 15 heteroatoms. The number of carbonyl (C=O) groups is 2. The molecule has 1 saturated carbocycles. The van der Waals surface area contributed by atoms with Crippen LogP contribution >= 0.6 is 0 Å². The molecule has 43 heavy (non-hydrogen) atoms. The zero-order chi connectivity index (χ0) is 32.0.